The SMILES string of the molecule is CCCC/C=C/C1CCC(CCC2CCC(CCc3cc(F)c(C#N)c(F)c3)CC2)CC1. The van der Waals surface area contributed by atoms with E-state index in [0.29, 0.717) is 17.9 Å². The molecule has 0 radical (unpaired) electrons. The zero-order valence-electron chi connectivity index (χ0n) is 19.9. The maximum atomic E-state index is 13.8. The van der Waals surface area contributed by atoms with Gasteiger partial charge in [-0.15, -0.1) is 0 Å². The van der Waals surface area contributed by atoms with E-state index in [1.807, 2.05) is 0 Å². The first-order chi connectivity index (χ1) is 15.6. The van der Waals surface area contributed by atoms with E-state index < -0.39 is 17.2 Å². The molecule has 0 N–H and O–H groups in total. The van der Waals surface area contributed by atoms with E-state index in [2.05, 4.69) is 19.1 Å². The number of hydrogen-bond donors (Lipinski definition) is 0. The fourth-order valence-electron chi connectivity index (χ4n) is 5.81. The van der Waals surface area contributed by atoms with Gasteiger partial charge in [-0.05, 0) is 86.3 Å². The Labute approximate surface area is 194 Å². The van der Waals surface area contributed by atoms with Gasteiger partial charge >= 0.3 is 0 Å². The number of benzene rings is 1. The standard InChI is InChI=1S/C29H41F2N/c1-2-3-4-5-6-22-7-9-23(10-8-22)11-12-24-13-15-25(16-14-24)17-18-26-19-28(30)27(21-32)29(31)20-26/h5-6,19-20,22-25H,2-4,7-18H2,1H3/b6-5+. The topological polar surface area (TPSA) is 23.8 Å². The minimum atomic E-state index is -0.729. The molecule has 0 spiro atoms. The van der Waals surface area contributed by atoms with Crippen LogP contribution in [0.2, 0.25) is 0 Å². The monoisotopic (exact) mass is 441 g/mol. The van der Waals surface area contributed by atoms with Crippen molar-refractivity contribution < 1.29 is 8.78 Å². The van der Waals surface area contributed by atoms with E-state index in [-0.39, 0.29) is 0 Å². The predicted octanol–water partition coefficient (Wildman–Crippen LogP) is 8.91. The fourth-order valence-corrected chi connectivity index (χ4v) is 5.81. The average molecular weight is 442 g/mol. The van der Waals surface area contributed by atoms with Gasteiger partial charge in [-0.2, -0.15) is 5.26 Å². The summed E-state index contributed by atoms with van der Waals surface area (Å²) in [7, 11) is 0. The van der Waals surface area contributed by atoms with Gasteiger partial charge in [-0.25, -0.2) is 8.78 Å². The van der Waals surface area contributed by atoms with Gasteiger partial charge in [0.1, 0.15) is 23.3 Å². The summed E-state index contributed by atoms with van der Waals surface area (Å²) in [5.74, 6) is 1.86. The normalized spacial score (nSPS) is 26.3. The lowest BCUT2D eigenvalue weighted by molar-refractivity contribution is 0.221. The first kappa shape index (κ1) is 24.9. The van der Waals surface area contributed by atoms with E-state index in [4.69, 9.17) is 5.26 Å². The van der Waals surface area contributed by atoms with Gasteiger partial charge in [0.15, 0.2) is 0 Å². The molecule has 0 unspecified atom stereocenters. The zero-order valence-corrected chi connectivity index (χ0v) is 19.9. The summed E-state index contributed by atoms with van der Waals surface area (Å²) >= 11 is 0. The molecule has 0 aromatic heterocycles. The number of allylic oxidation sites excluding steroid dienone is 2. The number of aryl methyl sites for hydroxylation is 1. The molecule has 2 fully saturated rings. The van der Waals surface area contributed by atoms with Gasteiger partial charge in [0.05, 0.1) is 0 Å². The summed E-state index contributed by atoms with van der Waals surface area (Å²) in [4.78, 5) is 0. The summed E-state index contributed by atoms with van der Waals surface area (Å²) < 4.78 is 27.6. The molecule has 0 amide bonds. The molecule has 0 heterocycles. The maximum Gasteiger partial charge on any atom is 0.144 e. The van der Waals surface area contributed by atoms with Crippen LogP contribution in [-0.4, -0.2) is 0 Å². The molecule has 1 aromatic carbocycles. The van der Waals surface area contributed by atoms with Crippen molar-refractivity contribution in [2.24, 2.45) is 23.7 Å². The Morgan fingerprint density at radius 3 is 1.94 bits per heavy atom. The average Bonchev–Trinajstić information content (AvgIpc) is 2.80. The minimum absolute atomic E-state index is 0.466. The Morgan fingerprint density at radius 1 is 0.875 bits per heavy atom. The third-order valence-electron chi connectivity index (χ3n) is 8.03. The van der Waals surface area contributed by atoms with Crippen LogP contribution >= 0.6 is 0 Å². The van der Waals surface area contributed by atoms with Crippen molar-refractivity contribution in [1.82, 2.24) is 0 Å². The van der Waals surface area contributed by atoms with Gasteiger partial charge in [0, 0.05) is 0 Å². The van der Waals surface area contributed by atoms with Crippen LogP contribution in [0.15, 0.2) is 24.3 Å². The molecule has 1 nitrogen and oxygen atoms in total. The van der Waals surface area contributed by atoms with E-state index in [0.717, 1.165) is 24.2 Å². The molecule has 1 aromatic rings. The molecule has 0 bridgehead atoms. The van der Waals surface area contributed by atoms with Crippen molar-refractivity contribution in [3.8, 4) is 6.07 Å². The molecule has 2 aliphatic rings. The number of halogens is 2. The lowest BCUT2D eigenvalue weighted by Gasteiger charge is -2.31. The van der Waals surface area contributed by atoms with E-state index in [9.17, 15) is 8.78 Å². The molecule has 3 rings (SSSR count). The van der Waals surface area contributed by atoms with Crippen molar-refractivity contribution in [3.05, 3.63) is 47.0 Å². The zero-order chi connectivity index (χ0) is 22.8. The van der Waals surface area contributed by atoms with Crippen LogP contribution in [-0.2, 0) is 6.42 Å². The second kappa shape index (κ2) is 13.1. The Balaban J connectivity index is 1.30. The Hall–Kier alpha value is -1.69. The second-order valence-corrected chi connectivity index (χ2v) is 10.4. The minimum Gasteiger partial charge on any atom is -0.205 e. The lowest BCUT2D eigenvalue weighted by Crippen LogP contribution is -2.18. The molecule has 176 valence electrons. The van der Waals surface area contributed by atoms with Crippen LogP contribution in [0, 0.1) is 46.6 Å². The lowest BCUT2D eigenvalue weighted by atomic mass is 9.74. The van der Waals surface area contributed by atoms with Crippen molar-refractivity contribution in [2.45, 2.75) is 103 Å². The number of rotatable bonds is 10. The van der Waals surface area contributed by atoms with Gasteiger partial charge in [-0.1, -0.05) is 70.4 Å². The summed E-state index contributed by atoms with van der Waals surface area (Å²) in [6, 6.07) is 4.27. The highest BCUT2D eigenvalue weighted by molar-refractivity contribution is 5.35. The van der Waals surface area contributed by atoms with E-state index in [1.165, 1.54) is 95.6 Å². The van der Waals surface area contributed by atoms with Crippen LogP contribution in [0.25, 0.3) is 0 Å². The molecule has 2 saturated carbocycles. The number of nitrogens with zero attached hydrogens (tertiary/aromatic N) is 1. The van der Waals surface area contributed by atoms with Crippen LogP contribution < -0.4 is 0 Å². The fraction of sp³-hybridized carbons (Fsp3) is 0.690. The van der Waals surface area contributed by atoms with Crippen molar-refractivity contribution in [1.29, 1.82) is 5.26 Å². The Bertz CT molecular complexity index is 739. The highest BCUT2D eigenvalue weighted by atomic mass is 19.1. The van der Waals surface area contributed by atoms with Gasteiger partial charge in [-0.3, -0.25) is 0 Å². The third-order valence-corrected chi connectivity index (χ3v) is 8.03. The number of nitriles is 1. The highest BCUT2D eigenvalue weighted by Gasteiger charge is 2.24. The van der Waals surface area contributed by atoms with E-state index >= 15 is 0 Å². The Kier molecular flexibility index (Phi) is 10.2. The maximum absolute atomic E-state index is 13.8. The van der Waals surface area contributed by atoms with E-state index in [1.54, 1.807) is 6.07 Å². The quantitative estimate of drug-likeness (QED) is 0.263. The third kappa shape index (κ3) is 7.72. The summed E-state index contributed by atoms with van der Waals surface area (Å²) in [5, 5.41) is 8.80. The summed E-state index contributed by atoms with van der Waals surface area (Å²) in [5.41, 5.74) is 0.211. The van der Waals surface area contributed by atoms with Gasteiger partial charge in [0.25, 0.3) is 0 Å². The van der Waals surface area contributed by atoms with Crippen LogP contribution in [0.5, 0.6) is 0 Å². The molecule has 0 atom stereocenters. The molecule has 0 saturated heterocycles. The van der Waals surface area contributed by atoms with Crippen molar-refractivity contribution in [2.75, 3.05) is 0 Å². The largest absolute Gasteiger partial charge is 0.205 e. The molecule has 32 heavy (non-hydrogen) atoms. The second-order valence-electron chi connectivity index (χ2n) is 10.4. The summed E-state index contributed by atoms with van der Waals surface area (Å²) in [6.45, 7) is 2.26. The Morgan fingerprint density at radius 2 is 1.41 bits per heavy atom. The van der Waals surface area contributed by atoms with Crippen LogP contribution in [0.4, 0.5) is 8.78 Å². The molecule has 2 aliphatic carbocycles. The van der Waals surface area contributed by atoms with Crippen molar-refractivity contribution in [3.63, 3.8) is 0 Å². The first-order valence-electron chi connectivity index (χ1n) is 13.1. The summed E-state index contributed by atoms with van der Waals surface area (Å²) in [6.07, 6.45) is 24.0. The van der Waals surface area contributed by atoms with Gasteiger partial charge < -0.3 is 0 Å². The molecule has 3 heteroatoms. The van der Waals surface area contributed by atoms with Crippen LogP contribution in [0.1, 0.15) is 108 Å². The highest BCUT2D eigenvalue weighted by Crippen LogP contribution is 2.38. The predicted molar refractivity (Wildman–Crippen MR) is 128 cm³/mol. The first-order valence-corrected chi connectivity index (χ1v) is 13.1. The molecule has 0 aliphatic heterocycles. The molecular weight excluding hydrogens is 400 g/mol. The smallest absolute Gasteiger partial charge is 0.144 e. The van der Waals surface area contributed by atoms with Crippen LogP contribution in [0.3, 0.4) is 0 Å². The number of unbranched alkanes of at least 4 members (excludes halogenated alkanes) is 2. The number of hydrogen-bond acceptors (Lipinski definition) is 1. The van der Waals surface area contributed by atoms with Gasteiger partial charge in [0.2, 0.25) is 0 Å². The van der Waals surface area contributed by atoms with Crippen molar-refractivity contribution >= 4 is 0 Å². The molecular formula is C29H41F2N.